The van der Waals surface area contributed by atoms with E-state index in [2.05, 4.69) is 26.2 Å². The molecule has 0 unspecified atom stereocenters. The van der Waals surface area contributed by atoms with Crippen LogP contribution in [0.1, 0.15) is 37.9 Å². The van der Waals surface area contributed by atoms with Crippen molar-refractivity contribution in [1.82, 2.24) is 15.2 Å². The minimum Gasteiger partial charge on any atom is -0.444 e. The molecule has 1 amide bonds. The first-order valence-corrected chi connectivity index (χ1v) is 11.1. The predicted octanol–water partition coefficient (Wildman–Crippen LogP) is 4.96. The Bertz CT molecular complexity index is 840. The van der Waals surface area contributed by atoms with E-state index in [9.17, 15) is 4.79 Å². The Balaban J connectivity index is 1.82. The highest BCUT2D eigenvalue weighted by atomic mass is 79.9. The van der Waals surface area contributed by atoms with Crippen molar-refractivity contribution in [2.75, 3.05) is 19.7 Å². The summed E-state index contributed by atoms with van der Waals surface area (Å²) in [6.45, 7) is 7.58. The van der Waals surface area contributed by atoms with E-state index in [4.69, 9.17) is 21.1 Å². The molecule has 8 heteroatoms. The topological polar surface area (TPSA) is 63.7 Å². The number of ether oxygens (including phenoxy) is 2. The van der Waals surface area contributed by atoms with E-state index in [-0.39, 0.29) is 18.2 Å². The number of hydrogen-bond donors (Lipinski definition) is 1. The zero-order valence-corrected chi connectivity index (χ0v) is 19.7. The first-order chi connectivity index (χ1) is 14.2. The number of hydrogen-bond acceptors (Lipinski definition) is 5. The number of benzene rings is 1. The van der Waals surface area contributed by atoms with Crippen LogP contribution in [0.25, 0.3) is 0 Å². The fraction of sp³-hybridized carbons (Fsp3) is 0.455. The van der Waals surface area contributed by atoms with E-state index in [1.165, 1.54) is 0 Å². The Morgan fingerprint density at radius 2 is 2.03 bits per heavy atom. The van der Waals surface area contributed by atoms with Crippen LogP contribution < -0.4 is 5.32 Å². The van der Waals surface area contributed by atoms with Gasteiger partial charge in [-0.2, -0.15) is 0 Å². The summed E-state index contributed by atoms with van der Waals surface area (Å²) in [6, 6.07) is 13.3. The van der Waals surface area contributed by atoms with Gasteiger partial charge in [-0.05, 0) is 60.0 Å². The monoisotopic (exact) mass is 495 g/mol. The third kappa shape index (κ3) is 6.41. The van der Waals surface area contributed by atoms with E-state index >= 15 is 0 Å². The lowest BCUT2D eigenvalue weighted by molar-refractivity contribution is -0.0173. The molecule has 30 heavy (non-hydrogen) atoms. The van der Waals surface area contributed by atoms with Crippen LogP contribution in [-0.4, -0.2) is 47.3 Å². The fourth-order valence-electron chi connectivity index (χ4n) is 3.43. The highest BCUT2D eigenvalue weighted by Gasteiger charge is 2.37. The Kier molecular flexibility index (Phi) is 7.74. The second-order valence-corrected chi connectivity index (χ2v) is 9.42. The highest BCUT2D eigenvalue weighted by Crippen LogP contribution is 2.29. The standard InChI is InChI=1S/C22H27BrClN3O3/c1-22(2,3)30-21(28)27-10-9-25-20(16-11-18(23)26-19(24)12-16)17(27)14-29-13-15-7-5-4-6-8-15/h4-8,11-12,17,20,25H,9-10,13-14H2,1-3H3/t17-,20-/m0/s1. The number of amides is 1. The number of rotatable bonds is 5. The molecule has 1 N–H and O–H groups in total. The normalized spacial score (nSPS) is 19.6. The summed E-state index contributed by atoms with van der Waals surface area (Å²) in [5.74, 6) is 0. The molecule has 1 aliphatic rings. The molecule has 2 atom stereocenters. The second kappa shape index (κ2) is 10.1. The van der Waals surface area contributed by atoms with Gasteiger partial charge in [0.2, 0.25) is 0 Å². The maximum absolute atomic E-state index is 12.9. The van der Waals surface area contributed by atoms with Crippen molar-refractivity contribution in [1.29, 1.82) is 0 Å². The molecule has 0 saturated carbocycles. The van der Waals surface area contributed by atoms with Crippen LogP contribution in [0.15, 0.2) is 47.1 Å². The summed E-state index contributed by atoms with van der Waals surface area (Å²) in [7, 11) is 0. The van der Waals surface area contributed by atoms with Crippen molar-refractivity contribution in [3.63, 3.8) is 0 Å². The van der Waals surface area contributed by atoms with Crippen LogP contribution >= 0.6 is 27.5 Å². The summed E-state index contributed by atoms with van der Waals surface area (Å²) >= 11 is 9.59. The van der Waals surface area contributed by atoms with Crippen molar-refractivity contribution in [2.45, 2.75) is 45.1 Å². The van der Waals surface area contributed by atoms with Gasteiger partial charge in [-0.25, -0.2) is 9.78 Å². The molecule has 1 aliphatic heterocycles. The van der Waals surface area contributed by atoms with Crippen LogP contribution in [0.5, 0.6) is 0 Å². The van der Waals surface area contributed by atoms with E-state index in [0.29, 0.717) is 36.1 Å². The molecule has 6 nitrogen and oxygen atoms in total. The van der Waals surface area contributed by atoms with Gasteiger partial charge in [0.05, 0.1) is 25.3 Å². The molecule has 2 aromatic rings. The van der Waals surface area contributed by atoms with Crippen molar-refractivity contribution in [3.8, 4) is 0 Å². The molecule has 3 rings (SSSR count). The van der Waals surface area contributed by atoms with Gasteiger partial charge in [0.15, 0.2) is 0 Å². The summed E-state index contributed by atoms with van der Waals surface area (Å²) in [6.07, 6.45) is -0.346. The highest BCUT2D eigenvalue weighted by molar-refractivity contribution is 9.10. The third-order valence-corrected chi connectivity index (χ3v) is 5.27. The number of carbonyl (C=O) groups is 1. The molecule has 1 aromatic carbocycles. The Labute approximate surface area is 191 Å². The number of pyridine rings is 1. The van der Waals surface area contributed by atoms with E-state index in [0.717, 1.165) is 11.1 Å². The molecule has 2 heterocycles. The van der Waals surface area contributed by atoms with Gasteiger partial charge in [0, 0.05) is 13.1 Å². The van der Waals surface area contributed by atoms with E-state index < -0.39 is 5.60 Å². The van der Waals surface area contributed by atoms with Gasteiger partial charge in [-0.1, -0.05) is 41.9 Å². The van der Waals surface area contributed by atoms with Crippen LogP contribution in [0, 0.1) is 0 Å². The van der Waals surface area contributed by atoms with Crippen molar-refractivity contribution in [2.24, 2.45) is 0 Å². The van der Waals surface area contributed by atoms with Gasteiger partial charge in [0.1, 0.15) is 15.4 Å². The van der Waals surface area contributed by atoms with Crippen molar-refractivity contribution < 1.29 is 14.3 Å². The molecule has 0 aliphatic carbocycles. The first kappa shape index (κ1) is 23.0. The number of nitrogens with zero attached hydrogens (tertiary/aromatic N) is 2. The van der Waals surface area contributed by atoms with Crippen LogP contribution in [0.3, 0.4) is 0 Å². The average Bonchev–Trinajstić information content (AvgIpc) is 2.66. The van der Waals surface area contributed by atoms with Gasteiger partial charge < -0.3 is 14.8 Å². The van der Waals surface area contributed by atoms with Gasteiger partial charge in [0.25, 0.3) is 0 Å². The Morgan fingerprint density at radius 1 is 1.30 bits per heavy atom. The van der Waals surface area contributed by atoms with E-state index in [1.54, 1.807) is 4.90 Å². The van der Waals surface area contributed by atoms with Crippen LogP contribution in [0.2, 0.25) is 5.15 Å². The summed E-state index contributed by atoms with van der Waals surface area (Å²) < 4.78 is 12.3. The fourth-order valence-corrected chi connectivity index (χ4v) is 4.20. The maximum atomic E-state index is 12.9. The molecular formula is C22H27BrClN3O3. The molecule has 1 saturated heterocycles. The van der Waals surface area contributed by atoms with E-state index in [1.807, 2.05) is 63.2 Å². The average molecular weight is 497 g/mol. The van der Waals surface area contributed by atoms with Crippen molar-refractivity contribution in [3.05, 3.63) is 63.3 Å². The first-order valence-electron chi connectivity index (χ1n) is 9.90. The summed E-state index contributed by atoms with van der Waals surface area (Å²) in [4.78, 5) is 18.9. The molecule has 0 bridgehead atoms. The van der Waals surface area contributed by atoms with Crippen molar-refractivity contribution >= 4 is 33.6 Å². The molecule has 0 spiro atoms. The lowest BCUT2D eigenvalue weighted by atomic mass is 9.97. The SMILES string of the molecule is CC(C)(C)OC(=O)N1CCN[C@@H](c2cc(Cl)nc(Br)c2)[C@@H]1COCc1ccccc1. The minimum absolute atomic E-state index is 0.168. The number of halogens is 2. The molecule has 1 aromatic heterocycles. The summed E-state index contributed by atoms with van der Waals surface area (Å²) in [5.41, 5.74) is 1.44. The molecule has 0 radical (unpaired) electrons. The van der Waals surface area contributed by atoms with Gasteiger partial charge in [-0.3, -0.25) is 4.90 Å². The lowest BCUT2D eigenvalue weighted by Crippen LogP contribution is -2.57. The Hall–Kier alpha value is -1.67. The Morgan fingerprint density at radius 3 is 2.70 bits per heavy atom. The van der Waals surface area contributed by atoms with Gasteiger partial charge in [-0.15, -0.1) is 0 Å². The lowest BCUT2D eigenvalue weighted by Gasteiger charge is -2.42. The van der Waals surface area contributed by atoms with Crippen LogP contribution in [-0.2, 0) is 16.1 Å². The predicted molar refractivity (Wildman–Crippen MR) is 121 cm³/mol. The maximum Gasteiger partial charge on any atom is 0.410 e. The number of carbonyl (C=O) groups excluding carboxylic acids is 1. The molecule has 162 valence electrons. The smallest absolute Gasteiger partial charge is 0.410 e. The largest absolute Gasteiger partial charge is 0.444 e. The third-order valence-electron chi connectivity index (χ3n) is 4.67. The summed E-state index contributed by atoms with van der Waals surface area (Å²) in [5, 5.41) is 3.89. The zero-order chi connectivity index (χ0) is 21.7. The number of aromatic nitrogens is 1. The molecular weight excluding hydrogens is 470 g/mol. The minimum atomic E-state index is -0.574. The second-order valence-electron chi connectivity index (χ2n) is 8.22. The quantitative estimate of drug-likeness (QED) is 0.593. The zero-order valence-electron chi connectivity index (χ0n) is 17.4. The van der Waals surface area contributed by atoms with Crippen LogP contribution in [0.4, 0.5) is 4.79 Å². The van der Waals surface area contributed by atoms with Gasteiger partial charge >= 0.3 is 6.09 Å². The molecule has 1 fully saturated rings. The number of piperazine rings is 1. The number of nitrogens with one attached hydrogen (secondary N) is 1.